The second kappa shape index (κ2) is 8.89. The van der Waals surface area contributed by atoms with Crippen molar-refractivity contribution in [2.75, 3.05) is 5.32 Å². The zero-order valence-electron chi connectivity index (χ0n) is 15.5. The number of nitrogens with one attached hydrogen (secondary N) is 1. The van der Waals surface area contributed by atoms with Gasteiger partial charge in [-0.25, -0.2) is 9.97 Å². The molecule has 0 saturated carbocycles. The summed E-state index contributed by atoms with van der Waals surface area (Å²) in [5.41, 5.74) is 2.48. The molecule has 6 nitrogen and oxygen atoms in total. The molecule has 0 atom stereocenters. The molecule has 138 valence electrons. The molecule has 1 aromatic carbocycles. The summed E-state index contributed by atoms with van der Waals surface area (Å²) in [6.07, 6.45) is 5.11. The summed E-state index contributed by atoms with van der Waals surface area (Å²) in [7, 11) is 0. The van der Waals surface area contributed by atoms with Crippen molar-refractivity contribution in [1.29, 1.82) is 0 Å². The summed E-state index contributed by atoms with van der Waals surface area (Å²) in [4.78, 5) is 27.5. The Morgan fingerprint density at radius 1 is 1.04 bits per heavy atom. The van der Waals surface area contributed by atoms with Crippen LogP contribution in [0.5, 0.6) is 0 Å². The van der Waals surface area contributed by atoms with Gasteiger partial charge in [0, 0.05) is 37.7 Å². The molecule has 1 amide bonds. The highest BCUT2D eigenvalue weighted by Gasteiger charge is 2.20. The Morgan fingerprint density at radius 2 is 1.81 bits per heavy atom. The highest BCUT2D eigenvalue weighted by atomic mass is 16.2. The fourth-order valence-corrected chi connectivity index (χ4v) is 2.66. The van der Waals surface area contributed by atoms with Gasteiger partial charge >= 0.3 is 0 Å². The molecule has 2 heterocycles. The minimum Gasteiger partial charge on any atom is -0.350 e. The Kier molecular flexibility index (Phi) is 6.10. The highest BCUT2D eigenvalue weighted by Crippen LogP contribution is 2.13. The van der Waals surface area contributed by atoms with Gasteiger partial charge in [0.1, 0.15) is 5.69 Å². The van der Waals surface area contributed by atoms with Crippen LogP contribution < -0.4 is 5.32 Å². The van der Waals surface area contributed by atoms with E-state index >= 15 is 0 Å². The summed E-state index contributed by atoms with van der Waals surface area (Å²) in [5, 5.41) is 3.14. The van der Waals surface area contributed by atoms with E-state index in [4.69, 9.17) is 0 Å². The van der Waals surface area contributed by atoms with E-state index in [1.807, 2.05) is 61.2 Å². The zero-order valence-corrected chi connectivity index (χ0v) is 15.5. The molecule has 0 spiro atoms. The van der Waals surface area contributed by atoms with E-state index < -0.39 is 0 Å². The van der Waals surface area contributed by atoms with Crippen molar-refractivity contribution in [3.63, 3.8) is 0 Å². The Morgan fingerprint density at radius 3 is 2.52 bits per heavy atom. The lowest BCUT2D eigenvalue weighted by molar-refractivity contribution is 0.0684. The molecule has 0 saturated heterocycles. The number of hydrogen-bond donors (Lipinski definition) is 1. The number of anilines is 1. The number of carbonyl (C=O) groups excluding carboxylic acids is 1. The molecule has 0 aliphatic heterocycles. The number of aromatic nitrogens is 3. The summed E-state index contributed by atoms with van der Waals surface area (Å²) in [5.74, 6) is 0.314. The van der Waals surface area contributed by atoms with Crippen molar-refractivity contribution >= 4 is 11.9 Å². The molecule has 3 aromatic rings. The van der Waals surface area contributed by atoms with E-state index in [9.17, 15) is 4.79 Å². The van der Waals surface area contributed by atoms with Crippen molar-refractivity contribution in [2.24, 2.45) is 0 Å². The van der Waals surface area contributed by atoms with Crippen LogP contribution in [0.25, 0.3) is 0 Å². The van der Waals surface area contributed by atoms with Gasteiger partial charge in [-0.15, -0.1) is 0 Å². The van der Waals surface area contributed by atoms with Gasteiger partial charge in [-0.3, -0.25) is 9.78 Å². The van der Waals surface area contributed by atoms with Gasteiger partial charge < -0.3 is 10.2 Å². The Labute approximate surface area is 159 Å². The van der Waals surface area contributed by atoms with E-state index in [0.29, 0.717) is 24.7 Å². The van der Waals surface area contributed by atoms with Crippen LogP contribution >= 0.6 is 0 Å². The van der Waals surface area contributed by atoms with E-state index in [2.05, 4.69) is 20.3 Å². The first-order valence-corrected chi connectivity index (χ1v) is 8.94. The van der Waals surface area contributed by atoms with Crippen molar-refractivity contribution in [3.8, 4) is 0 Å². The molecular weight excluding hydrogens is 338 g/mol. The van der Waals surface area contributed by atoms with E-state index in [-0.39, 0.29) is 11.9 Å². The van der Waals surface area contributed by atoms with Gasteiger partial charge in [0.2, 0.25) is 5.95 Å². The normalized spacial score (nSPS) is 10.6. The minimum absolute atomic E-state index is 0.0551. The van der Waals surface area contributed by atoms with Gasteiger partial charge in [-0.05, 0) is 37.1 Å². The number of carbonyl (C=O) groups is 1. The average Bonchev–Trinajstić information content (AvgIpc) is 2.71. The van der Waals surface area contributed by atoms with Crippen molar-refractivity contribution in [1.82, 2.24) is 19.9 Å². The number of amides is 1. The number of hydrogen-bond acceptors (Lipinski definition) is 5. The smallest absolute Gasteiger partial charge is 0.273 e. The van der Waals surface area contributed by atoms with E-state index in [1.54, 1.807) is 24.7 Å². The van der Waals surface area contributed by atoms with Gasteiger partial charge in [0.05, 0.1) is 0 Å². The maximum absolute atomic E-state index is 13.0. The van der Waals surface area contributed by atoms with Crippen molar-refractivity contribution in [2.45, 2.75) is 33.0 Å². The fourth-order valence-electron chi connectivity index (χ4n) is 2.66. The Bertz CT molecular complexity index is 868. The van der Waals surface area contributed by atoms with Crippen LogP contribution in [0.3, 0.4) is 0 Å². The van der Waals surface area contributed by atoms with E-state index in [0.717, 1.165) is 11.1 Å². The zero-order chi connectivity index (χ0) is 19.1. The summed E-state index contributed by atoms with van der Waals surface area (Å²) < 4.78 is 0. The van der Waals surface area contributed by atoms with Crippen LogP contribution in [0.2, 0.25) is 0 Å². The molecule has 0 aliphatic rings. The fraction of sp³-hybridized carbons (Fsp3) is 0.238. The third-order valence-corrected chi connectivity index (χ3v) is 4.13. The third-order valence-electron chi connectivity index (χ3n) is 4.13. The molecule has 3 rings (SSSR count). The number of pyridine rings is 1. The monoisotopic (exact) mass is 361 g/mol. The van der Waals surface area contributed by atoms with Crippen LogP contribution in [0.15, 0.2) is 67.1 Å². The quantitative estimate of drug-likeness (QED) is 0.697. The molecule has 0 fully saturated rings. The molecule has 1 N–H and O–H groups in total. The third kappa shape index (κ3) is 5.10. The standard InChI is InChI=1S/C21H23N5O/c1-16(2)26(15-17-7-4-3-5-8-17)20(27)19-10-12-23-21(25-19)24-14-18-9-6-11-22-13-18/h3-13,16H,14-15H2,1-2H3,(H,23,24,25). The first-order chi connectivity index (χ1) is 13.1. The van der Waals surface area contributed by atoms with Gasteiger partial charge in [-0.1, -0.05) is 36.4 Å². The SMILES string of the molecule is CC(C)N(Cc1ccccc1)C(=O)c1ccnc(NCc2cccnc2)n1. The Balaban J connectivity index is 1.72. The topological polar surface area (TPSA) is 71.0 Å². The molecule has 0 aliphatic carbocycles. The van der Waals surface area contributed by atoms with Gasteiger partial charge in [-0.2, -0.15) is 0 Å². The van der Waals surface area contributed by atoms with Crippen LogP contribution in [-0.4, -0.2) is 31.8 Å². The largest absolute Gasteiger partial charge is 0.350 e. The summed E-state index contributed by atoms with van der Waals surface area (Å²) in [6.45, 7) is 5.09. The maximum Gasteiger partial charge on any atom is 0.273 e. The molecule has 0 bridgehead atoms. The minimum atomic E-state index is -0.110. The van der Waals surface area contributed by atoms with Crippen LogP contribution in [0.1, 0.15) is 35.5 Å². The lowest BCUT2D eigenvalue weighted by atomic mass is 10.1. The van der Waals surface area contributed by atoms with E-state index in [1.165, 1.54) is 0 Å². The molecule has 2 aromatic heterocycles. The van der Waals surface area contributed by atoms with Gasteiger partial charge in [0.15, 0.2) is 0 Å². The van der Waals surface area contributed by atoms with Gasteiger partial charge in [0.25, 0.3) is 5.91 Å². The second-order valence-electron chi connectivity index (χ2n) is 6.49. The molecule has 6 heteroatoms. The number of nitrogens with zero attached hydrogens (tertiary/aromatic N) is 4. The number of benzene rings is 1. The van der Waals surface area contributed by atoms with Crippen LogP contribution in [0, 0.1) is 0 Å². The average molecular weight is 361 g/mol. The maximum atomic E-state index is 13.0. The lowest BCUT2D eigenvalue weighted by Gasteiger charge is -2.26. The van der Waals surface area contributed by atoms with Crippen LogP contribution in [0.4, 0.5) is 5.95 Å². The first-order valence-electron chi connectivity index (χ1n) is 8.94. The van der Waals surface area contributed by atoms with Crippen molar-refractivity contribution < 1.29 is 4.79 Å². The molecule has 0 radical (unpaired) electrons. The van der Waals surface area contributed by atoms with Crippen molar-refractivity contribution in [3.05, 3.63) is 83.9 Å². The predicted octanol–water partition coefficient (Wildman–Crippen LogP) is 3.53. The summed E-state index contributed by atoms with van der Waals surface area (Å²) >= 11 is 0. The molecule has 0 unspecified atom stereocenters. The first kappa shape index (κ1) is 18.5. The van der Waals surface area contributed by atoms with Crippen LogP contribution in [-0.2, 0) is 13.1 Å². The number of rotatable bonds is 7. The lowest BCUT2D eigenvalue weighted by Crippen LogP contribution is -2.37. The second-order valence-corrected chi connectivity index (χ2v) is 6.49. The summed E-state index contributed by atoms with van der Waals surface area (Å²) in [6, 6.07) is 15.5. The predicted molar refractivity (Wildman–Crippen MR) is 105 cm³/mol. The Hall–Kier alpha value is -3.28. The highest BCUT2D eigenvalue weighted by molar-refractivity contribution is 5.92. The molecular formula is C21H23N5O. The molecule has 27 heavy (non-hydrogen) atoms.